The van der Waals surface area contributed by atoms with Crippen molar-refractivity contribution >= 4 is 11.9 Å². The van der Waals surface area contributed by atoms with E-state index in [1.807, 2.05) is 19.0 Å². The molecule has 2 rings (SSSR count). The van der Waals surface area contributed by atoms with Crippen molar-refractivity contribution in [1.29, 1.82) is 0 Å². The van der Waals surface area contributed by atoms with Crippen LogP contribution in [-0.2, 0) is 20.8 Å². The number of carboxylic acids is 1. The second kappa shape index (κ2) is 8.09. The molecule has 0 bridgehead atoms. The van der Waals surface area contributed by atoms with Gasteiger partial charge in [0.1, 0.15) is 12.4 Å². The Kier molecular flexibility index (Phi) is 6.14. The van der Waals surface area contributed by atoms with Crippen molar-refractivity contribution in [2.45, 2.75) is 25.1 Å². The van der Waals surface area contributed by atoms with Gasteiger partial charge in [0.2, 0.25) is 0 Å². The van der Waals surface area contributed by atoms with E-state index in [-0.39, 0.29) is 24.4 Å². The van der Waals surface area contributed by atoms with E-state index in [0.29, 0.717) is 25.3 Å². The second-order valence-electron chi connectivity index (χ2n) is 5.69. The van der Waals surface area contributed by atoms with Crippen molar-refractivity contribution in [2.75, 3.05) is 33.9 Å². The van der Waals surface area contributed by atoms with Crippen LogP contribution in [0, 0.1) is 0 Å². The minimum absolute atomic E-state index is 0.212. The zero-order valence-electron chi connectivity index (χ0n) is 13.3. The Bertz CT molecular complexity index is 542. The molecule has 1 aliphatic heterocycles. The van der Waals surface area contributed by atoms with E-state index < -0.39 is 18.6 Å². The van der Waals surface area contributed by atoms with Crippen LogP contribution in [0.4, 0.5) is 0 Å². The first-order chi connectivity index (χ1) is 11.0. The van der Waals surface area contributed by atoms with Gasteiger partial charge in [-0.2, -0.15) is 0 Å². The highest BCUT2D eigenvalue weighted by molar-refractivity contribution is 5.91. The largest absolute Gasteiger partial charge is 0.480 e. The van der Waals surface area contributed by atoms with Gasteiger partial charge in [0.25, 0.3) is 5.91 Å². The number of carboxylic acid groups (broad SMARTS) is 1. The van der Waals surface area contributed by atoms with Gasteiger partial charge in [-0.05, 0) is 32.6 Å². The maximum atomic E-state index is 12.2. The van der Waals surface area contributed by atoms with Crippen molar-refractivity contribution in [3.05, 3.63) is 23.7 Å². The Balaban J connectivity index is 1.93. The topological polar surface area (TPSA) is 101 Å². The Morgan fingerprint density at radius 2 is 2.22 bits per heavy atom. The number of amides is 1. The number of aliphatic carboxylic acids is 1. The predicted molar refractivity (Wildman–Crippen MR) is 80.2 cm³/mol. The fourth-order valence-corrected chi connectivity index (χ4v) is 2.37. The van der Waals surface area contributed by atoms with Crippen molar-refractivity contribution in [3.8, 4) is 0 Å². The quantitative estimate of drug-likeness (QED) is 0.744. The summed E-state index contributed by atoms with van der Waals surface area (Å²) in [5, 5.41) is 11.5. The zero-order chi connectivity index (χ0) is 16.8. The van der Waals surface area contributed by atoms with Crippen LogP contribution in [0.15, 0.2) is 16.5 Å². The molecule has 8 nitrogen and oxygen atoms in total. The number of rotatable bonds is 7. The summed E-state index contributed by atoms with van der Waals surface area (Å²) in [6.45, 7) is 0.959. The van der Waals surface area contributed by atoms with Gasteiger partial charge in [-0.1, -0.05) is 0 Å². The predicted octanol–water partition coefficient (Wildman–Crippen LogP) is 0.330. The SMILES string of the molecule is CN(C)Cc1ccc(C(=O)N[C@@H]2COCC[C@@H]2OCC(=O)O)o1. The monoisotopic (exact) mass is 326 g/mol. The second-order valence-corrected chi connectivity index (χ2v) is 5.69. The van der Waals surface area contributed by atoms with Gasteiger partial charge in [-0.15, -0.1) is 0 Å². The first-order valence-electron chi connectivity index (χ1n) is 7.41. The molecular formula is C15H22N2O6. The molecule has 0 aromatic carbocycles. The van der Waals surface area contributed by atoms with Gasteiger partial charge >= 0.3 is 5.97 Å². The number of hydrogen-bond donors (Lipinski definition) is 2. The fourth-order valence-electron chi connectivity index (χ4n) is 2.37. The van der Waals surface area contributed by atoms with Crippen LogP contribution in [-0.4, -0.2) is 67.9 Å². The van der Waals surface area contributed by atoms with E-state index in [1.54, 1.807) is 12.1 Å². The van der Waals surface area contributed by atoms with E-state index in [2.05, 4.69) is 5.32 Å². The number of carbonyl (C=O) groups excluding carboxylic acids is 1. The molecule has 1 amide bonds. The minimum atomic E-state index is -1.04. The summed E-state index contributed by atoms with van der Waals surface area (Å²) in [5.41, 5.74) is 0. The Morgan fingerprint density at radius 3 is 2.91 bits per heavy atom. The van der Waals surface area contributed by atoms with Crippen LogP contribution in [0.2, 0.25) is 0 Å². The minimum Gasteiger partial charge on any atom is -0.480 e. The molecule has 2 N–H and O–H groups in total. The average molecular weight is 326 g/mol. The normalized spacial score (nSPS) is 21.3. The number of ether oxygens (including phenoxy) is 2. The van der Waals surface area contributed by atoms with Crippen LogP contribution in [0.1, 0.15) is 22.7 Å². The number of nitrogens with one attached hydrogen (secondary N) is 1. The molecule has 0 unspecified atom stereocenters. The Morgan fingerprint density at radius 1 is 1.43 bits per heavy atom. The smallest absolute Gasteiger partial charge is 0.329 e. The van der Waals surface area contributed by atoms with E-state index >= 15 is 0 Å². The van der Waals surface area contributed by atoms with E-state index in [1.165, 1.54) is 0 Å². The van der Waals surface area contributed by atoms with Crippen LogP contribution >= 0.6 is 0 Å². The van der Waals surface area contributed by atoms with Gasteiger partial charge in [-0.3, -0.25) is 4.79 Å². The third-order valence-corrected chi connectivity index (χ3v) is 3.39. The molecule has 23 heavy (non-hydrogen) atoms. The lowest BCUT2D eigenvalue weighted by molar-refractivity contribution is -0.147. The maximum absolute atomic E-state index is 12.2. The zero-order valence-corrected chi connectivity index (χ0v) is 13.3. The Labute approximate surface area is 134 Å². The summed E-state index contributed by atoms with van der Waals surface area (Å²) in [6, 6.07) is 2.97. The van der Waals surface area contributed by atoms with Crippen LogP contribution in [0.25, 0.3) is 0 Å². The fraction of sp³-hybridized carbons (Fsp3) is 0.600. The van der Waals surface area contributed by atoms with Crippen molar-refractivity contribution < 1.29 is 28.6 Å². The van der Waals surface area contributed by atoms with Crippen molar-refractivity contribution in [3.63, 3.8) is 0 Å². The molecule has 1 fully saturated rings. The third-order valence-electron chi connectivity index (χ3n) is 3.39. The maximum Gasteiger partial charge on any atom is 0.329 e. The van der Waals surface area contributed by atoms with Crippen LogP contribution < -0.4 is 5.32 Å². The highest BCUT2D eigenvalue weighted by atomic mass is 16.5. The molecule has 0 spiro atoms. The highest BCUT2D eigenvalue weighted by Gasteiger charge is 2.29. The van der Waals surface area contributed by atoms with Gasteiger partial charge in [0, 0.05) is 6.61 Å². The molecular weight excluding hydrogens is 304 g/mol. The number of furan rings is 1. The standard InChI is InChI=1S/C15H22N2O6/c1-17(2)7-10-3-4-13(23-10)15(20)16-11-8-21-6-5-12(11)22-9-14(18)19/h3-4,11-12H,5-9H2,1-2H3,(H,16,20)(H,18,19)/t11-,12+/m1/s1. The molecule has 2 atom stereocenters. The Hall–Kier alpha value is -1.90. The average Bonchev–Trinajstić information content (AvgIpc) is 2.94. The van der Waals surface area contributed by atoms with Gasteiger partial charge in [0.05, 0.1) is 25.3 Å². The van der Waals surface area contributed by atoms with Gasteiger partial charge < -0.3 is 29.2 Å². The van der Waals surface area contributed by atoms with Crippen molar-refractivity contribution in [2.24, 2.45) is 0 Å². The molecule has 0 radical (unpaired) electrons. The van der Waals surface area contributed by atoms with Crippen LogP contribution in [0.3, 0.4) is 0 Å². The first kappa shape index (κ1) is 17.5. The molecule has 1 aliphatic rings. The lowest BCUT2D eigenvalue weighted by atomic mass is 10.1. The summed E-state index contributed by atoms with van der Waals surface area (Å²) in [6.07, 6.45) is 0.141. The molecule has 1 saturated heterocycles. The summed E-state index contributed by atoms with van der Waals surface area (Å²) >= 11 is 0. The number of hydrogen-bond acceptors (Lipinski definition) is 6. The summed E-state index contributed by atoms with van der Waals surface area (Å²) in [7, 11) is 3.82. The molecule has 2 heterocycles. The first-order valence-corrected chi connectivity index (χ1v) is 7.41. The summed E-state index contributed by atoms with van der Waals surface area (Å²) < 4.78 is 16.2. The van der Waals surface area contributed by atoms with Gasteiger partial charge in [0.15, 0.2) is 5.76 Å². The summed E-state index contributed by atoms with van der Waals surface area (Å²) in [5.74, 6) is -0.501. The number of carbonyl (C=O) groups is 2. The molecule has 128 valence electrons. The lowest BCUT2D eigenvalue weighted by Crippen LogP contribution is -2.50. The van der Waals surface area contributed by atoms with Crippen LogP contribution in [0.5, 0.6) is 0 Å². The van der Waals surface area contributed by atoms with Crippen molar-refractivity contribution in [1.82, 2.24) is 10.2 Å². The molecule has 1 aromatic rings. The molecule has 0 aliphatic carbocycles. The molecule has 0 saturated carbocycles. The number of nitrogens with zero attached hydrogens (tertiary/aromatic N) is 1. The van der Waals surface area contributed by atoms with E-state index in [0.717, 1.165) is 0 Å². The van der Waals surface area contributed by atoms with E-state index in [9.17, 15) is 9.59 Å². The molecule has 1 aromatic heterocycles. The van der Waals surface area contributed by atoms with Gasteiger partial charge in [-0.25, -0.2) is 4.79 Å². The third kappa shape index (κ3) is 5.34. The highest BCUT2D eigenvalue weighted by Crippen LogP contribution is 2.14. The molecule has 8 heteroatoms. The summed E-state index contributed by atoms with van der Waals surface area (Å²) in [4.78, 5) is 24.8. The lowest BCUT2D eigenvalue weighted by Gasteiger charge is -2.31. The van der Waals surface area contributed by atoms with E-state index in [4.69, 9.17) is 19.0 Å².